The fraction of sp³-hybridized carbons (Fsp3) is 0.294. The number of halogens is 3. The second-order valence-electron chi connectivity index (χ2n) is 5.05. The van der Waals surface area contributed by atoms with Crippen molar-refractivity contribution in [3.63, 3.8) is 0 Å². The number of hydrogen-bond acceptors (Lipinski definition) is 1. The number of rotatable bonds is 5. The zero-order chi connectivity index (χ0) is 15.4. The molecule has 0 bridgehead atoms. The quantitative estimate of drug-likeness (QED) is 0.803. The largest absolute Gasteiger partial charge is 0.310 e. The van der Waals surface area contributed by atoms with Crippen LogP contribution < -0.4 is 5.32 Å². The van der Waals surface area contributed by atoms with Gasteiger partial charge < -0.3 is 5.32 Å². The van der Waals surface area contributed by atoms with Gasteiger partial charge in [-0.2, -0.15) is 0 Å². The highest BCUT2D eigenvalue weighted by Crippen LogP contribution is 2.25. The third-order valence-electron chi connectivity index (χ3n) is 3.49. The van der Waals surface area contributed by atoms with Crippen LogP contribution in [0.5, 0.6) is 0 Å². The van der Waals surface area contributed by atoms with Gasteiger partial charge in [-0.05, 0) is 66.9 Å². The van der Waals surface area contributed by atoms with Gasteiger partial charge in [0.05, 0.1) is 0 Å². The standard InChI is InChI=1S/C17H18BrF2N/c1-3-21-17(15-6-5-14(19)8-11(15)2)10-12-9-13(18)4-7-16(12)20/h4-9,17,21H,3,10H2,1-2H3. The molecule has 0 aliphatic rings. The average molecular weight is 354 g/mol. The fourth-order valence-electron chi connectivity index (χ4n) is 2.49. The molecule has 0 heterocycles. The molecule has 1 atom stereocenters. The van der Waals surface area contributed by atoms with Gasteiger partial charge in [0.2, 0.25) is 0 Å². The van der Waals surface area contributed by atoms with Crippen molar-refractivity contribution in [1.29, 1.82) is 0 Å². The molecule has 0 aromatic heterocycles. The Hall–Kier alpha value is -1.26. The van der Waals surface area contributed by atoms with Crippen LogP contribution in [-0.2, 0) is 6.42 Å². The Morgan fingerprint density at radius 2 is 1.90 bits per heavy atom. The molecule has 0 aliphatic carbocycles. The topological polar surface area (TPSA) is 12.0 Å². The number of aryl methyl sites for hydroxylation is 1. The molecule has 2 rings (SSSR count). The molecule has 0 radical (unpaired) electrons. The molecule has 0 spiro atoms. The van der Waals surface area contributed by atoms with Gasteiger partial charge in [0, 0.05) is 10.5 Å². The molecular weight excluding hydrogens is 336 g/mol. The summed E-state index contributed by atoms with van der Waals surface area (Å²) in [4.78, 5) is 0. The summed E-state index contributed by atoms with van der Waals surface area (Å²) in [5, 5.41) is 3.35. The Morgan fingerprint density at radius 3 is 2.57 bits per heavy atom. The van der Waals surface area contributed by atoms with Crippen molar-refractivity contribution < 1.29 is 8.78 Å². The van der Waals surface area contributed by atoms with E-state index < -0.39 is 0 Å². The highest BCUT2D eigenvalue weighted by Gasteiger charge is 2.16. The van der Waals surface area contributed by atoms with E-state index in [0.717, 1.165) is 22.1 Å². The lowest BCUT2D eigenvalue weighted by molar-refractivity contribution is 0.524. The van der Waals surface area contributed by atoms with E-state index >= 15 is 0 Å². The van der Waals surface area contributed by atoms with Crippen molar-refractivity contribution in [1.82, 2.24) is 5.32 Å². The van der Waals surface area contributed by atoms with Gasteiger partial charge >= 0.3 is 0 Å². The van der Waals surface area contributed by atoms with E-state index in [1.807, 2.05) is 13.8 Å². The summed E-state index contributed by atoms with van der Waals surface area (Å²) < 4.78 is 28.0. The summed E-state index contributed by atoms with van der Waals surface area (Å²) in [6.45, 7) is 4.64. The van der Waals surface area contributed by atoms with Crippen molar-refractivity contribution in [2.75, 3.05) is 6.54 Å². The lowest BCUT2D eigenvalue weighted by Crippen LogP contribution is -2.24. The van der Waals surface area contributed by atoms with Crippen LogP contribution in [-0.4, -0.2) is 6.54 Å². The number of hydrogen-bond donors (Lipinski definition) is 1. The third-order valence-corrected chi connectivity index (χ3v) is 3.98. The van der Waals surface area contributed by atoms with E-state index in [0.29, 0.717) is 12.0 Å². The minimum atomic E-state index is -0.250. The maximum Gasteiger partial charge on any atom is 0.126 e. The van der Waals surface area contributed by atoms with Gasteiger partial charge in [-0.1, -0.05) is 28.9 Å². The maximum absolute atomic E-state index is 13.9. The lowest BCUT2D eigenvalue weighted by Gasteiger charge is -2.21. The molecule has 0 saturated carbocycles. The van der Waals surface area contributed by atoms with Gasteiger partial charge in [-0.15, -0.1) is 0 Å². The van der Waals surface area contributed by atoms with E-state index in [2.05, 4.69) is 21.2 Å². The van der Waals surface area contributed by atoms with E-state index in [1.54, 1.807) is 18.2 Å². The van der Waals surface area contributed by atoms with Crippen LogP contribution in [0.4, 0.5) is 8.78 Å². The zero-order valence-electron chi connectivity index (χ0n) is 12.1. The molecule has 21 heavy (non-hydrogen) atoms. The van der Waals surface area contributed by atoms with E-state index in [9.17, 15) is 8.78 Å². The van der Waals surface area contributed by atoms with E-state index in [1.165, 1.54) is 18.2 Å². The van der Waals surface area contributed by atoms with Crippen LogP contribution in [0.15, 0.2) is 40.9 Å². The first-order valence-electron chi connectivity index (χ1n) is 6.94. The van der Waals surface area contributed by atoms with Gasteiger partial charge in [-0.3, -0.25) is 0 Å². The molecule has 112 valence electrons. The van der Waals surface area contributed by atoms with Crippen LogP contribution in [0, 0.1) is 18.6 Å². The fourth-order valence-corrected chi connectivity index (χ4v) is 2.90. The second-order valence-corrected chi connectivity index (χ2v) is 5.97. The monoisotopic (exact) mass is 353 g/mol. The van der Waals surface area contributed by atoms with Crippen LogP contribution in [0.1, 0.15) is 29.7 Å². The first kappa shape index (κ1) is 16.1. The van der Waals surface area contributed by atoms with Crippen LogP contribution >= 0.6 is 15.9 Å². The van der Waals surface area contributed by atoms with Crippen LogP contribution in [0.2, 0.25) is 0 Å². The van der Waals surface area contributed by atoms with Crippen LogP contribution in [0.25, 0.3) is 0 Å². The molecule has 1 nitrogen and oxygen atoms in total. The minimum absolute atomic E-state index is 0.0422. The number of benzene rings is 2. The van der Waals surface area contributed by atoms with Gasteiger partial charge in [0.1, 0.15) is 11.6 Å². The van der Waals surface area contributed by atoms with E-state index in [4.69, 9.17) is 0 Å². The SMILES string of the molecule is CCNC(Cc1cc(Br)ccc1F)c1ccc(F)cc1C. The number of likely N-dealkylation sites (N-methyl/N-ethyl adjacent to an activating group) is 1. The van der Waals surface area contributed by atoms with Gasteiger partial charge in [0.15, 0.2) is 0 Å². The van der Waals surface area contributed by atoms with Gasteiger partial charge in [0.25, 0.3) is 0 Å². The summed E-state index contributed by atoms with van der Waals surface area (Å²) >= 11 is 3.37. The maximum atomic E-state index is 13.9. The average Bonchev–Trinajstić information content (AvgIpc) is 2.42. The summed E-state index contributed by atoms with van der Waals surface area (Å²) in [7, 11) is 0. The van der Waals surface area contributed by atoms with E-state index in [-0.39, 0.29) is 17.7 Å². The summed E-state index contributed by atoms with van der Waals surface area (Å²) in [6, 6.07) is 9.62. The van der Waals surface area contributed by atoms with Crippen molar-refractivity contribution in [3.8, 4) is 0 Å². The molecule has 4 heteroatoms. The van der Waals surface area contributed by atoms with Crippen molar-refractivity contribution in [2.24, 2.45) is 0 Å². The van der Waals surface area contributed by atoms with Crippen LogP contribution in [0.3, 0.4) is 0 Å². The van der Waals surface area contributed by atoms with Gasteiger partial charge in [-0.25, -0.2) is 8.78 Å². The Kier molecular flexibility index (Phi) is 5.48. The second kappa shape index (κ2) is 7.14. The lowest BCUT2D eigenvalue weighted by atomic mass is 9.95. The summed E-state index contributed by atoms with van der Waals surface area (Å²) in [6.07, 6.45) is 0.519. The molecule has 1 unspecified atom stereocenters. The third kappa shape index (κ3) is 4.11. The molecule has 1 N–H and O–H groups in total. The summed E-state index contributed by atoms with van der Waals surface area (Å²) in [5.41, 5.74) is 2.51. The van der Waals surface area contributed by atoms with Crippen molar-refractivity contribution in [2.45, 2.75) is 26.3 Å². The minimum Gasteiger partial charge on any atom is -0.310 e. The highest BCUT2D eigenvalue weighted by molar-refractivity contribution is 9.10. The normalized spacial score (nSPS) is 12.4. The molecule has 2 aromatic rings. The highest BCUT2D eigenvalue weighted by atomic mass is 79.9. The molecule has 0 saturated heterocycles. The summed E-state index contributed by atoms with van der Waals surface area (Å²) in [5.74, 6) is -0.471. The van der Waals surface area contributed by atoms with Crippen molar-refractivity contribution in [3.05, 3.63) is 69.2 Å². The predicted molar refractivity (Wildman–Crippen MR) is 85.4 cm³/mol. The predicted octanol–water partition coefficient (Wildman–Crippen LogP) is 4.93. The number of nitrogens with one attached hydrogen (secondary N) is 1. The Labute approximate surface area is 132 Å². The molecule has 2 aromatic carbocycles. The molecular formula is C17H18BrF2N. The Morgan fingerprint density at radius 1 is 1.14 bits per heavy atom. The molecule has 0 amide bonds. The smallest absolute Gasteiger partial charge is 0.126 e. The molecule has 0 aliphatic heterocycles. The Balaban J connectivity index is 2.32. The first-order valence-corrected chi connectivity index (χ1v) is 7.74. The van der Waals surface area contributed by atoms with Crippen molar-refractivity contribution >= 4 is 15.9 Å². The first-order chi connectivity index (χ1) is 10.0. The molecule has 0 fully saturated rings. The Bertz CT molecular complexity index is 628. The zero-order valence-corrected chi connectivity index (χ0v) is 13.7.